The monoisotopic (exact) mass is 522 g/mol. The van der Waals surface area contributed by atoms with E-state index in [0.29, 0.717) is 38.9 Å². The minimum atomic E-state index is -0.564. The van der Waals surface area contributed by atoms with Gasteiger partial charge in [0.1, 0.15) is 13.2 Å². The summed E-state index contributed by atoms with van der Waals surface area (Å²) in [6.07, 6.45) is 12.8. The van der Waals surface area contributed by atoms with Gasteiger partial charge in [-0.3, -0.25) is 19.2 Å². The molecule has 0 fully saturated rings. The highest BCUT2D eigenvalue weighted by atomic mass is 16.6. The Morgan fingerprint density at radius 2 is 0.811 bits per heavy atom. The SMILES string of the molecule is CCCCOC(=O)[C@H]1CC=CC[C@H]1C(=O)OCCOCCOC(=O)[C@H]1CC=CC[C@H]1C(=O)OCCCC. The third-order valence-corrected chi connectivity index (χ3v) is 6.50. The summed E-state index contributed by atoms with van der Waals surface area (Å²) in [5.41, 5.74) is 0. The van der Waals surface area contributed by atoms with E-state index >= 15 is 0 Å². The highest BCUT2D eigenvalue weighted by Crippen LogP contribution is 2.29. The van der Waals surface area contributed by atoms with Gasteiger partial charge in [-0.05, 0) is 38.5 Å². The van der Waals surface area contributed by atoms with Gasteiger partial charge in [-0.1, -0.05) is 51.0 Å². The molecule has 0 N–H and O–H groups in total. The third kappa shape index (κ3) is 10.7. The van der Waals surface area contributed by atoms with Crippen molar-refractivity contribution in [1.29, 1.82) is 0 Å². The largest absolute Gasteiger partial charge is 0.465 e. The molecule has 9 heteroatoms. The highest BCUT2D eigenvalue weighted by Gasteiger charge is 2.37. The van der Waals surface area contributed by atoms with Crippen molar-refractivity contribution in [2.24, 2.45) is 23.7 Å². The van der Waals surface area contributed by atoms with Crippen molar-refractivity contribution in [3.8, 4) is 0 Å². The van der Waals surface area contributed by atoms with Gasteiger partial charge in [0, 0.05) is 0 Å². The molecule has 0 saturated heterocycles. The first-order valence-corrected chi connectivity index (χ1v) is 13.5. The Morgan fingerprint density at radius 3 is 1.11 bits per heavy atom. The molecular weight excluding hydrogens is 480 g/mol. The number of carbonyl (C=O) groups is 4. The van der Waals surface area contributed by atoms with Crippen LogP contribution < -0.4 is 0 Å². The van der Waals surface area contributed by atoms with Gasteiger partial charge >= 0.3 is 23.9 Å². The molecule has 208 valence electrons. The number of allylic oxidation sites excluding steroid dienone is 4. The molecule has 0 aromatic rings. The van der Waals surface area contributed by atoms with Crippen LogP contribution in [0, 0.1) is 23.7 Å². The lowest BCUT2D eigenvalue weighted by Gasteiger charge is -2.25. The standard InChI is InChI=1S/C28H42O9/c1-3-5-15-34-25(29)21-11-7-9-13-23(21)27(31)36-19-17-33-18-20-37-28(32)24-14-10-8-12-22(24)26(30)35-16-6-4-2/h7-10,21-24H,3-6,11-20H2,1-2H3/t21-,22+,23+,24-. The van der Waals surface area contributed by atoms with Crippen LogP contribution in [0.15, 0.2) is 24.3 Å². The van der Waals surface area contributed by atoms with Crippen molar-refractivity contribution in [2.75, 3.05) is 39.6 Å². The van der Waals surface area contributed by atoms with E-state index in [1.54, 1.807) is 0 Å². The Bertz CT molecular complexity index is 725. The summed E-state index contributed by atoms with van der Waals surface area (Å²) in [4.78, 5) is 49.8. The molecule has 37 heavy (non-hydrogen) atoms. The highest BCUT2D eigenvalue weighted by molar-refractivity contribution is 5.83. The fourth-order valence-corrected chi connectivity index (χ4v) is 4.24. The van der Waals surface area contributed by atoms with Crippen LogP contribution in [-0.4, -0.2) is 63.5 Å². The maximum Gasteiger partial charge on any atom is 0.310 e. The minimum absolute atomic E-state index is 0.0314. The molecule has 2 rings (SSSR count). The molecule has 0 spiro atoms. The predicted octanol–water partition coefficient (Wildman–Crippen LogP) is 3.94. The van der Waals surface area contributed by atoms with Gasteiger partial charge in [-0.2, -0.15) is 0 Å². The Labute approximate surface area is 219 Å². The van der Waals surface area contributed by atoms with Crippen LogP contribution in [0.1, 0.15) is 65.2 Å². The molecule has 0 aromatic heterocycles. The van der Waals surface area contributed by atoms with Crippen molar-refractivity contribution in [2.45, 2.75) is 65.2 Å². The summed E-state index contributed by atoms with van der Waals surface area (Å²) < 4.78 is 26.7. The van der Waals surface area contributed by atoms with E-state index in [9.17, 15) is 19.2 Å². The van der Waals surface area contributed by atoms with Gasteiger partial charge in [-0.15, -0.1) is 0 Å². The Balaban J connectivity index is 1.64. The van der Waals surface area contributed by atoms with E-state index in [1.807, 2.05) is 38.2 Å². The zero-order chi connectivity index (χ0) is 26.9. The van der Waals surface area contributed by atoms with Gasteiger partial charge in [-0.25, -0.2) is 0 Å². The van der Waals surface area contributed by atoms with Crippen LogP contribution in [0.25, 0.3) is 0 Å². The first kappa shape index (κ1) is 30.5. The van der Waals surface area contributed by atoms with Crippen LogP contribution in [0.2, 0.25) is 0 Å². The summed E-state index contributed by atoms with van der Waals surface area (Å²) >= 11 is 0. The van der Waals surface area contributed by atoms with E-state index in [-0.39, 0.29) is 38.4 Å². The molecule has 0 radical (unpaired) electrons. The van der Waals surface area contributed by atoms with Gasteiger partial charge in [0.2, 0.25) is 0 Å². The van der Waals surface area contributed by atoms with Gasteiger partial charge in [0.15, 0.2) is 0 Å². The second-order valence-electron chi connectivity index (χ2n) is 9.30. The van der Waals surface area contributed by atoms with Crippen LogP contribution in [0.4, 0.5) is 0 Å². The first-order valence-electron chi connectivity index (χ1n) is 13.5. The first-order chi connectivity index (χ1) is 18.0. The fourth-order valence-electron chi connectivity index (χ4n) is 4.24. The van der Waals surface area contributed by atoms with Gasteiger partial charge in [0.25, 0.3) is 0 Å². The Kier molecular flexibility index (Phi) is 14.6. The summed E-state index contributed by atoms with van der Waals surface area (Å²) in [5.74, 6) is -3.80. The lowest BCUT2D eigenvalue weighted by molar-refractivity contribution is -0.163. The van der Waals surface area contributed by atoms with Gasteiger partial charge < -0.3 is 23.7 Å². The normalized spacial score (nSPS) is 22.8. The van der Waals surface area contributed by atoms with E-state index < -0.39 is 35.6 Å². The summed E-state index contributed by atoms with van der Waals surface area (Å²) in [6.45, 7) is 5.08. The van der Waals surface area contributed by atoms with Crippen molar-refractivity contribution in [1.82, 2.24) is 0 Å². The number of rotatable bonds is 16. The number of hydrogen-bond donors (Lipinski definition) is 0. The molecule has 0 aliphatic heterocycles. The number of esters is 4. The molecule has 0 aromatic carbocycles. The third-order valence-electron chi connectivity index (χ3n) is 6.50. The maximum atomic E-state index is 12.5. The molecule has 9 nitrogen and oxygen atoms in total. The molecule has 0 saturated carbocycles. The molecule has 0 unspecified atom stereocenters. The number of hydrogen-bond acceptors (Lipinski definition) is 9. The van der Waals surface area contributed by atoms with E-state index in [2.05, 4.69) is 0 Å². The fraction of sp³-hybridized carbons (Fsp3) is 0.714. The second kappa shape index (κ2) is 17.7. The lowest BCUT2D eigenvalue weighted by Crippen LogP contribution is -2.34. The lowest BCUT2D eigenvalue weighted by atomic mass is 9.83. The molecular formula is C28H42O9. The molecule has 0 amide bonds. The Hall–Kier alpha value is -2.68. The van der Waals surface area contributed by atoms with E-state index in [0.717, 1.165) is 25.7 Å². The second-order valence-corrected chi connectivity index (χ2v) is 9.30. The van der Waals surface area contributed by atoms with Gasteiger partial charge in [0.05, 0.1) is 50.1 Å². The quantitative estimate of drug-likeness (QED) is 0.129. The smallest absolute Gasteiger partial charge is 0.310 e. The summed E-state index contributed by atoms with van der Waals surface area (Å²) in [5, 5.41) is 0. The van der Waals surface area contributed by atoms with E-state index in [4.69, 9.17) is 23.7 Å². The van der Waals surface area contributed by atoms with Crippen LogP contribution >= 0.6 is 0 Å². The molecule has 0 bridgehead atoms. The predicted molar refractivity (Wildman–Crippen MR) is 135 cm³/mol. The van der Waals surface area contributed by atoms with Crippen LogP contribution in [0.5, 0.6) is 0 Å². The average molecular weight is 523 g/mol. The van der Waals surface area contributed by atoms with Crippen molar-refractivity contribution in [3.63, 3.8) is 0 Å². The molecule has 2 aliphatic rings. The number of unbranched alkanes of at least 4 members (excludes halogenated alkanes) is 2. The zero-order valence-corrected chi connectivity index (χ0v) is 22.2. The summed E-state index contributed by atoms with van der Waals surface area (Å²) in [6, 6.07) is 0. The molecule has 0 heterocycles. The molecule has 4 atom stereocenters. The van der Waals surface area contributed by atoms with Crippen LogP contribution in [0.3, 0.4) is 0 Å². The Morgan fingerprint density at radius 1 is 0.514 bits per heavy atom. The maximum absolute atomic E-state index is 12.5. The zero-order valence-electron chi connectivity index (χ0n) is 22.2. The topological polar surface area (TPSA) is 114 Å². The van der Waals surface area contributed by atoms with Crippen molar-refractivity contribution < 1.29 is 42.9 Å². The van der Waals surface area contributed by atoms with E-state index in [1.165, 1.54) is 0 Å². The van der Waals surface area contributed by atoms with Crippen molar-refractivity contribution in [3.05, 3.63) is 24.3 Å². The average Bonchev–Trinajstić information content (AvgIpc) is 2.92. The molecule has 2 aliphatic carbocycles. The number of carbonyl (C=O) groups excluding carboxylic acids is 4. The van der Waals surface area contributed by atoms with Crippen LogP contribution in [-0.2, 0) is 42.9 Å². The minimum Gasteiger partial charge on any atom is -0.465 e. The number of ether oxygens (including phenoxy) is 5. The summed E-state index contributed by atoms with van der Waals surface area (Å²) in [7, 11) is 0. The van der Waals surface area contributed by atoms with Crippen molar-refractivity contribution >= 4 is 23.9 Å².